The van der Waals surface area contributed by atoms with E-state index in [2.05, 4.69) is 21.5 Å². The average molecular weight is 363 g/mol. The molecule has 0 atom stereocenters. The number of aromatic nitrogens is 3. The van der Waals surface area contributed by atoms with E-state index >= 15 is 0 Å². The van der Waals surface area contributed by atoms with E-state index in [1.165, 1.54) is 0 Å². The molecule has 0 saturated carbocycles. The molecule has 3 rings (SSSR count). The van der Waals surface area contributed by atoms with Gasteiger partial charge in [0.2, 0.25) is 0 Å². The summed E-state index contributed by atoms with van der Waals surface area (Å²) in [6.07, 6.45) is 1.27. The van der Waals surface area contributed by atoms with E-state index in [9.17, 15) is 10.1 Å². The zero-order valence-electron chi connectivity index (χ0n) is 15.6. The fourth-order valence-electron chi connectivity index (χ4n) is 2.96. The fraction of sp³-hybridized carbons (Fsp3) is 0.300. The van der Waals surface area contributed by atoms with Crippen molar-refractivity contribution in [3.8, 4) is 11.8 Å². The van der Waals surface area contributed by atoms with Gasteiger partial charge in [-0.15, -0.1) is 0 Å². The smallest absolute Gasteiger partial charge is 0.251 e. The average Bonchev–Trinajstić information content (AvgIpc) is 3.02. The van der Waals surface area contributed by atoms with Gasteiger partial charge in [0.25, 0.3) is 5.91 Å². The molecule has 7 heteroatoms. The summed E-state index contributed by atoms with van der Waals surface area (Å²) in [5.41, 5.74) is 4.17. The lowest BCUT2D eigenvalue weighted by atomic mass is 10.1. The number of ether oxygens (including phenoxy) is 1. The first-order chi connectivity index (χ1) is 13.0. The maximum atomic E-state index is 12.2. The lowest BCUT2D eigenvalue weighted by Crippen LogP contribution is -2.24. The first kappa shape index (κ1) is 18.4. The molecule has 138 valence electrons. The summed E-state index contributed by atoms with van der Waals surface area (Å²) in [6, 6.07) is 11.1. The molecule has 0 saturated heterocycles. The Morgan fingerprint density at radius 1 is 1.30 bits per heavy atom. The number of fused-ring (bicyclic) bond motifs is 1. The first-order valence-electron chi connectivity index (χ1n) is 8.71. The van der Waals surface area contributed by atoms with Gasteiger partial charge >= 0.3 is 0 Å². The van der Waals surface area contributed by atoms with Crippen LogP contribution in [0.5, 0.6) is 5.75 Å². The molecular weight excluding hydrogens is 342 g/mol. The lowest BCUT2D eigenvalue weighted by molar-refractivity contribution is 0.0953. The van der Waals surface area contributed by atoms with Gasteiger partial charge in [0.15, 0.2) is 5.65 Å². The highest BCUT2D eigenvalue weighted by atomic mass is 16.5. The predicted octanol–water partition coefficient (Wildman–Crippen LogP) is 2.59. The number of carbonyl (C=O) groups excluding carboxylic acids is 1. The van der Waals surface area contributed by atoms with Crippen LogP contribution in [0.3, 0.4) is 0 Å². The molecule has 0 spiro atoms. The van der Waals surface area contributed by atoms with E-state index in [1.807, 2.05) is 19.9 Å². The second kappa shape index (κ2) is 7.87. The zero-order chi connectivity index (χ0) is 19.4. The number of aryl methyl sites for hydroxylation is 3. The summed E-state index contributed by atoms with van der Waals surface area (Å²) in [4.78, 5) is 16.6. The lowest BCUT2D eigenvalue weighted by Gasteiger charge is -2.05. The van der Waals surface area contributed by atoms with E-state index in [-0.39, 0.29) is 5.91 Å². The molecule has 0 unspecified atom stereocenters. The van der Waals surface area contributed by atoms with Crippen LogP contribution in [0.4, 0.5) is 0 Å². The summed E-state index contributed by atoms with van der Waals surface area (Å²) >= 11 is 0. The molecule has 0 bridgehead atoms. The molecule has 0 aliphatic rings. The number of amides is 1. The Morgan fingerprint density at radius 2 is 2.04 bits per heavy atom. The van der Waals surface area contributed by atoms with Crippen molar-refractivity contribution in [1.29, 1.82) is 5.26 Å². The largest absolute Gasteiger partial charge is 0.497 e. The van der Waals surface area contributed by atoms with E-state index in [0.29, 0.717) is 47.6 Å². The molecular formula is C20H21N5O2. The molecule has 1 amide bonds. The Labute approximate surface area is 157 Å². The fourth-order valence-corrected chi connectivity index (χ4v) is 2.96. The summed E-state index contributed by atoms with van der Waals surface area (Å²) < 4.78 is 6.79. The predicted molar refractivity (Wildman–Crippen MR) is 101 cm³/mol. The number of nitrogens with one attached hydrogen (secondary N) is 1. The second-order valence-corrected chi connectivity index (χ2v) is 6.30. The molecule has 1 N–H and O–H groups in total. The Balaban J connectivity index is 1.63. The van der Waals surface area contributed by atoms with Crippen molar-refractivity contribution in [2.24, 2.45) is 0 Å². The van der Waals surface area contributed by atoms with Crippen molar-refractivity contribution in [3.05, 3.63) is 58.5 Å². The Kier molecular flexibility index (Phi) is 5.36. The van der Waals surface area contributed by atoms with Crippen LogP contribution >= 0.6 is 0 Å². The molecule has 0 aliphatic carbocycles. The number of nitrogens with zero attached hydrogens (tertiary/aromatic N) is 4. The van der Waals surface area contributed by atoms with Crippen molar-refractivity contribution in [2.75, 3.05) is 13.7 Å². The molecule has 0 fully saturated rings. The zero-order valence-corrected chi connectivity index (χ0v) is 15.6. The highest BCUT2D eigenvalue weighted by Gasteiger charge is 2.15. The van der Waals surface area contributed by atoms with Crippen LogP contribution in [0.25, 0.3) is 5.65 Å². The second-order valence-electron chi connectivity index (χ2n) is 6.30. The standard InChI is InChI=1S/C20H21N5O2/c1-13-11-14(2)25-19(23-13)17(12-21)18(24-25)5-4-10-22-20(26)15-6-8-16(27-3)9-7-15/h6-9,11H,4-5,10H2,1-3H3,(H,22,26). The van der Waals surface area contributed by atoms with Crippen molar-refractivity contribution in [2.45, 2.75) is 26.7 Å². The minimum absolute atomic E-state index is 0.138. The van der Waals surface area contributed by atoms with E-state index in [0.717, 1.165) is 11.4 Å². The molecule has 1 aromatic carbocycles. The van der Waals surface area contributed by atoms with Crippen LogP contribution in [0.2, 0.25) is 0 Å². The Hall–Kier alpha value is -3.40. The summed E-state index contributed by atoms with van der Waals surface area (Å²) in [7, 11) is 1.59. The molecule has 3 aromatic rings. The molecule has 2 heterocycles. The maximum Gasteiger partial charge on any atom is 0.251 e. The van der Waals surface area contributed by atoms with Crippen LogP contribution in [-0.2, 0) is 6.42 Å². The molecule has 7 nitrogen and oxygen atoms in total. The maximum absolute atomic E-state index is 12.2. The van der Waals surface area contributed by atoms with Crippen molar-refractivity contribution in [1.82, 2.24) is 19.9 Å². The third-order valence-corrected chi connectivity index (χ3v) is 4.31. The van der Waals surface area contributed by atoms with Gasteiger partial charge in [0.1, 0.15) is 17.4 Å². The van der Waals surface area contributed by atoms with Crippen LogP contribution in [0.15, 0.2) is 30.3 Å². The number of nitriles is 1. The Morgan fingerprint density at radius 3 is 2.70 bits per heavy atom. The van der Waals surface area contributed by atoms with E-state index < -0.39 is 0 Å². The van der Waals surface area contributed by atoms with Crippen molar-refractivity contribution in [3.63, 3.8) is 0 Å². The van der Waals surface area contributed by atoms with Crippen LogP contribution in [-0.4, -0.2) is 34.2 Å². The minimum Gasteiger partial charge on any atom is -0.497 e. The van der Waals surface area contributed by atoms with Crippen LogP contribution < -0.4 is 10.1 Å². The van der Waals surface area contributed by atoms with Crippen molar-refractivity contribution < 1.29 is 9.53 Å². The Bertz CT molecular complexity index is 1020. The number of hydrogen-bond acceptors (Lipinski definition) is 5. The van der Waals surface area contributed by atoms with Gasteiger partial charge in [0, 0.05) is 23.5 Å². The summed E-state index contributed by atoms with van der Waals surface area (Å²) in [5.74, 6) is 0.572. The molecule has 2 aromatic heterocycles. The number of rotatable bonds is 6. The van der Waals surface area contributed by atoms with Gasteiger partial charge in [0.05, 0.1) is 12.8 Å². The highest BCUT2D eigenvalue weighted by molar-refractivity contribution is 5.94. The molecule has 0 aliphatic heterocycles. The molecule has 0 radical (unpaired) electrons. The third kappa shape index (κ3) is 3.90. The first-order valence-corrected chi connectivity index (χ1v) is 8.71. The van der Waals surface area contributed by atoms with Crippen molar-refractivity contribution >= 4 is 11.6 Å². The third-order valence-electron chi connectivity index (χ3n) is 4.31. The van der Waals surface area contributed by atoms with E-state index in [4.69, 9.17) is 4.74 Å². The van der Waals surface area contributed by atoms with Gasteiger partial charge < -0.3 is 10.1 Å². The SMILES string of the molecule is COc1ccc(C(=O)NCCCc2nn3c(C)cc(C)nc3c2C#N)cc1. The minimum atomic E-state index is -0.138. The summed E-state index contributed by atoms with van der Waals surface area (Å²) in [5, 5.41) is 16.9. The van der Waals surface area contributed by atoms with Gasteiger partial charge in [-0.1, -0.05) is 0 Å². The number of hydrogen-bond donors (Lipinski definition) is 1. The number of carbonyl (C=O) groups is 1. The molecule has 27 heavy (non-hydrogen) atoms. The van der Waals surface area contributed by atoms with Gasteiger partial charge in [-0.25, -0.2) is 9.50 Å². The van der Waals surface area contributed by atoms with Gasteiger partial charge in [-0.3, -0.25) is 4.79 Å². The monoisotopic (exact) mass is 363 g/mol. The van der Waals surface area contributed by atoms with Gasteiger partial charge in [-0.2, -0.15) is 10.4 Å². The van der Waals surface area contributed by atoms with E-state index in [1.54, 1.807) is 35.9 Å². The van der Waals surface area contributed by atoms with Crippen LogP contribution in [0, 0.1) is 25.2 Å². The normalized spacial score (nSPS) is 10.6. The number of methoxy groups -OCH3 is 1. The topological polar surface area (TPSA) is 92.3 Å². The van der Waals surface area contributed by atoms with Gasteiger partial charge in [-0.05, 0) is 57.0 Å². The summed E-state index contributed by atoms with van der Waals surface area (Å²) in [6.45, 7) is 4.33. The highest BCUT2D eigenvalue weighted by Crippen LogP contribution is 2.17. The number of benzene rings is 1. The quantitative estimate of drug-likeness (QED) is 0.680. The van der Waals surface area contributed by atoms with Crippen LogP contribution in [0.1, 0.15) is 39.4 Å².